The molecular weight excluding hydrogens is 446 g/mol. The number of nitrogens with one attached hydrogen (secondary N) is 2. The molecule has 2 N–H and O–H groups in total. The van der Waals surface area contributed by atoms with Crippen LogP contribution in [0.3, 0.4) is 0 Å². The quantitative estimate of drug-likeness (QED) is 0.315. The molecule has 0 heterocycles. The summed E-state index contributed by atoms with van der Waals surface area (Å²) in [5.74, 6) is 1.49. The fraction of sp³-hybridized carbons (Fsp3) is 0.391. The fourth-order valence-electron chi connectivity index (χ4n) is 3.32. The number of carbonyl (C=O) groups is 1. The lowest BCUT2D eigenvalue weighted by molar-refractivity contribution is 0.217. The Morgan fingerprint density at radius 3 is 2.60 bits per heavy atom. The number of rotatable bonds is 8. The molecule has 1 aliphatic rings. The number of ether oxygens (including phenoxy) is 2. The van der Waals surface area contributed by atoms with Gasteiger partial charge in [-0.25, -0.2) is 10.2 Å². The first-order valence-electron chi connectivity index (χ1n) is 10.3. The predicted molar refractivity (Wildman–Crippen MR) is 122 cm³/mol. The maximum absolute atomic E-state index is 12.0. The molecule has 1 aliphatic carbocycles. The molecule has 1 saturated carbocycles. The lowest BCUT2D eigenvalue weighted by Gasteiger charge is -2.22. The van der Waals surface area contributed by atoms with Gasteiger partial charge in [0.05, 0.1) is 6.21 Å². The Morgan fingerprint density at radius 2 is 1.83 bits per heavy atom. The zero-order chi connectivity index (χ0) is 21.2. The van der Waals surface area contributed by atoms with E-state index in [0.717, 1.165) is 28.6 Å². The van der Waals surface area contributed by atoms with Crippen molar-refractivity contribution in [1.29, 1.82) is 0 Å². The molecular formula is C23H28BrN3O3. The van der Waals surface area contributed by atoms with Crippen molar-refractivity contribution in [3.05, 3.63) is 58.1 Å². The summed E-state index contributed by atoms with van der Waals surface area (Å²) < 4.78 is 12.5. The van der Waals surface area contributed by atoms with Crippen LogP contribution in [0.15, 0.2) is 52.0 Å². The molecule has 2 aromatic rings. The molecule has 0 bridgehead atoms. The highest BCUT2D eigenvalue weighted by atomic mass is 79.9. The molecule has 0 atom stereocenters. The first-order chi connectivity index (χ1) is 14.6. The third kappa shape index (κ3) is 7.37. The molecule has 0 unspecified atom stereocenters. The van der Waals surface area contributed by atoms with Crippen LogP contribution in [0.1, 0.15) is 43.2 Å². The molecule has 3 rings (SSSR count). The smallest absolute Gasteiger partial charge is 0.335 e. The highest BCUT2D eigenvalue weighted by Gasteiger charge is 2.15. The average molecular weight is 474 g/mol. The Balaban J connectivity index is 1.48. The van der Waals surface area contributed by atoms with Crippen LogP contribution in [-0.4, -0.2) is 31.5 Å². The van der Waals surface area contributed by atoms with E-state index in [9.17, 15) is 4.79 Å². The second-order valence-electron chi connectivity index (χ2n) is 7.37. The first kappa shape index (κ1) is 22.2. The van der Waals surface area contributed by atoms with E-state index in [1.807, 2.05) is 49.4 Å². The third-order valence-electron chi connectivity index (χ3n) is 4.91. The van der Waals surface area contributed by atoms with Crippen LogP contribution < -0.4 is 20.2 Å². The Bertz CT molecular complexity index is 849. The van der Waals surface area contributed by atoms with E-state index in [1.54, 1.807) is 6.21 Å². The van der Waals surface area contributed by atoms with Crippen LogP contribution in [0, 0.1) is 6.92 Å². The molecule has 1 fully saturated rings. The first-order valence-corrected chi connectivity index (χ1v) is 11.1. The van der Waals surface area contributed by atoms with Crippen molar-refractivity contribution in [2.75, 3.05) is 13.2 Å². The van der Waals surface area contributed by atoms with E-state index in [1.165, 1.54) is 24.8 Å². The standard InChI is InChI=1S/C23H28BrN3O3/c1-17-7-10-21(11-8-17)29-13-14-30-22-12-9-19(24)15-18(22)16-25-27-23(28)26-20-5-3-2-4-6-20/h7-12,15-16,20H,2-6,13-14H2,1H3,(H2,26,27,28)/b25-16+. The van der Waals surface area contributed by atoms with Crippen molar-refractivity contribution in [3.63, 3.8) is 0 Å². The van der Waals surface area contributed by atoms with Crippen LogP contribution in [0.5, 0.6) is 11.5 Å². The van der Waals surface area contributed by atoms with Crippen molar-refractivity contribution >= 4 is 28.2 Å². The van der Waals surface area contributed by atoms with Gasteiger partial charge in [0, 0.05) is 16.1 Å². The predicted octanol–water partition coefficient (Wildman–Crippen LogP) is 5.18. The second kappa shape index (κ2) is 11.6. The number of halogens is 1. The minimum atomic E-state index is -0.276. The average Bonchev–Trinajstić information content (AvgIpc) is 2.74. The van der Waals surface area contributed by atoms with Crippen molar-refractivity contribution in [3.8, 4) is 11.5 Å². The topological polar surface area (TPSA) is 72.0 Å². The number of carbonyl (C=O) groups excluding carboxylic acids is 1. The molecule has 0 saturated heterocycles. The molecule has 6 nitrogen and oxygen atoms in total. The van der Waals surface area contributed by atoms with Gasteiger partial charge >= 0.3 is 6.03 Å². The normalized spacial score (nSPS) is 14.5. The highest BCUT2D eigenvalue weighted by Crippen LogP contribution is 2.22. The third-order valence-corrected chi connectivity index (χ3v) is 5.41. The summed E-state index contributed by atoms with van der Waals surface area (Å²) >= 11 is 3.46. The number of hydrogen-bond donors (Lipinski definition) is 2. The van der Waals surface area contributed by atoms with E-state index in [4.69, 9.17) is 9.47 Å². The van der Waals surface area contributed by atoms with Gasteiger partial charge in [-0.1, -0.05) is 52.9 Å². The van der Waals surface area contributed by atoms with Crippen LogP contribution in [0.2, 0.25) is 0 Å². The van der Waals surface area contributed by atoms with Crippen molar-refractivity contribution in [1.82, 2.24) is 10.7 Å². The lowest BCUT2D eigenvalue weighted by Crippen LogP contribution is -2.41. The molecule has 0 aromatic heterocycles. The van der Waals surface area contributed by atoms with Crippen LogP contribution >= 0.6 is 15.9 Å². The van der Waals surface area contributed by atoms with Gasteiger partial charge in [0.15, 0.2) is 0 Å². The van der Waals surface area contributed by atoms with Gasteiger partial charge in [-0.15, -0.1) is 0 Å². The summed E-state index contributed by atoms with van der Waals surface area (Å²) in [5.41, 5.74) is 4.50. The van der Waals surface area contributed by atoms with E-state index in [0.29, 0.717) is 19.0 Å². The van der Waals surface area contributed by atoms with Gasteiger partial charge in [-0.2, -0.15) is 5.10 Å². The molecule has 0 radical (unpaired) electrons. The van der Waals surface area contributed by atoms with Crippen molar-refractivity contribution in [2.24, 2.45) is 5.10 Å². The fourth-order valence-corrected chi connectivity index (χ4v) is 3.70. The van der Waals surface area contributed by atoms with E-state index in [2.05, 4.69) is 31.8 Å². The Kier molecular flexibility index (Phi) is 8.56. The summed E-state index contributed by atoms with van der Waals surface area (Å²) in [7, 11) is 0. The largest absolute Gasteiger partial charge is 0.490 e. The summed E-state index contributed by atoms with van der Waals surface area (Å²) in [6, 6.07) is 13.5. The number of urea groups is 1. The van der Waals surface area contributed by atoms with Gasteiger partial charge in [0.25, 0.3) is 0 Å². The summed E-state index contributed by atoms with van der Waals surface area (Å²) in [6.45, 7) is 2.86. The Morgan fingerprint density at radius 1 is 1.10 bits per heavy atom. The Hall–Kier alpha value is -2.54. The van der Waals surface area contributed by atoms with Gasteiger partial charge in [-0.3, -0.25) is 0 Å². The number of hydrazone groups is 1. The minimum Gasteiger partial charge on any atom is -0.490 e. The van der Waals surface area contributed by atoms with Crippen LogP contribution in [-0.2, 0) is 0 Å². The molecule has 0 aliphatic heterocycles. The molecule has 7 heteroatoms. The zero-order valence-corrected chi connectivity index (χ0v) is 18.8. The molecule has 2 amide bonds. The SMILES string of the molecule is Cc1ccc(OCCOc2ccc(Br)cc2/C=N/NC(=O)NC2CCCCC2)cc1. The van der Waals surface area contributed by atoms with Gasteiger partial charge in [-0.05, 0) is 50.1 Å². The molecule has 0 spiro atoms. The van der Waals surface area contributed by atoms with E-state index in [-0.39, 0.29) is 12.1 Å². The zero-order valence-electron chi connectivity index (χ0n) is 17.2. The van der Waals surface area contributed by atoms with Gasteiger partial charge in [0.2, 0.25) is 0 Å². The van der Waals surface area contributed by atoms with Crippen LogP contribution in [0.25, 0.3) is 0 Å². The number of benzene rings is 2. The van der Waals surface area contributed by atoms with Gasteiger partial charge < -0.3 is 14.8 Å². The summed E-state index contributed by atoms with van der Waals surface area (Å²) in [6.07, 6.45) is 7.24. The minimum absolute atomic E-state index is 0.243. The summed E-state index contributed by atoms with van der Waals surface area (Å²) in [4.78, 5) is 12.0. The number of aryl methyl sites for hydroxylation is 1. The second-order valence-corrected chi connectivity index (χ2v) is 8.29. The van der Waals surface area contributed by atoms with Crippen molar-refractivity contribution in [2.45, 2.75) is 45.1 Å². The van der Waals surface area contributed by atoms with Crippen LogP contribution in [0.4, 0.5) is 4.79 Å². The van der Waals surface area contributed by atoms with Crippen molar-refractivity contribution < 1.29 is 14.3 Å². The Labute approximate surface area is 186 Å². The van der Waals surface area contributed by atoms with E-state index < -0.39 is 0 Å². The van der Waals surface area contributed by atoms with E-state index >= 15 is 0 Å². The maximum Gasteiger partial charge on any atom is 0.335 e. The summed E-state index contributed by atoms with van der Waals surface area (Å²) in [5, 5.41) is 7.04. The number of nitrogens with zero attached hydrogens (tertiary/aromatic N) is 1. The highest BCUT2D eigenvalue weighted by molar-refractivity contribution is 9.10. The molecule has 30 heavy (non-hydrogen) atoms. The monoisotopic (exact) mass is 473 g/mol. The number of hydrogen-bond acceptors (Lipinski definition) is 4. The lowest BCUT2D eigenvalue weighted by atomic mass is 9.96. The molecule has 160 valence electrons. The number of amides is 2. The molecule has 2 aromatic carbocycles. The van der Waals surface area contributed by atoms with Gasteiger partial charge in [0.1, 0.15) is 24.7 Å². The maximum atomic E-state index is 12.0.